The summed E-state index contributed by atoms with van der Waals surface area (Å²) >= 11 is 0. The molecule has 5 heteroatoms. The Morgan fingerprint density at radius 3 is 2.65 bits per heavy atom. The zero-order valence-corrected chi connectivity index (χ0v) is 12.6. The van der Waals surface area contributed by atoms with E-state index >= 15 is 0 Å². The summed E-state index contributed by atoms with van der Waals surface area (Å²) in [4.78, 5) is 11.1. The first-order valence-corrected chi connectivity index (χ1v) is 7.60. The highest BCUT2D eigenvalue weighted by atomic mass is 16.5. The highest BCUT2D eigenvalue weighted by Crippen LogP contribution is 2.17. The minimum absolute atomic E-state index is 0.697. The molecule has 1 aromatic rings. The number of nitrogens with one attached hydrogen (secondary N) is 1. The molecular weight excluding hydrogens is 252 g/mol. The lowest BCUT2D eigenvalue weighted by Gasteiger charge is -2.27. The van der Waals surface area contributed by atoms with Crippen LogP contribution >= 0.6 is 0 Å². The molecule has 5 nitrogen and oxygen atoms in total. The van der Waals surface area contributed by atoms with Gasteiger partial charge in [-0.25, -0.2) is 9.97 Å². The number of hydrogen-bond donors (Lipinski definition) is 1. The first-order valence-electron chi connectivity index (χ1n) is 7.60. The average Bonchev–Trinajstić information content (AvgIpc) is 2.49. The molecule has 0 aromatic carbocycles. The normalized spacial score (nSPS) is 16.3. The van der Waals surface area contributed by atoms with Gasteiger partial charge in [-0.2, -0.15) is 0 Å². The van der Waals surface area contributed by atoms with Gasteiger partial charge < -0.3 is 15.0 Å². The Hall–Kier alpha value is -1.20. The first-order chi connectivity index (χ1) is 9.79. The molecule has 0 spiro atoms. The number of anilines is 1. The van der Waals surface area contributed by atoms with Crippen LogP contribution in [-0.2, 0) is 11.3 Å². The van der Waals surface area contributed by atoms with Crippen LogP contribution in [-0.4, -0.2) is 43.3 Å². The fraction of sp³-hybridized carbons (Fsp3) is 0.733. The standard InChI is InChI=1S/C15H26N4O/c1-3-6-16-9-14-10-17-15(18-11-14)19(2)12-13-4-7-20-8-5-13/h10-11,13,16H,3-9,12H2,1-2H3. The largest absolute Gasteiger partial charge is 0.381 e. The Labute approximate surface area is 121 Å². The Kier molecular flexibility index (Phi) is 6.21. The van der Waals surface area contributed by atoms with Gasteiger partial charge in [-0.05, 0) is 31.7 Å². The van der Waals surface area contributed by atoms with Crippen LogP contribution in [0, 0.1) is 5.92 Å². The monoisotopic (exact) mass is 278 g/mol. The van der Waals surface area contributed by atoms with E-state index in [4.69, 9.17) is 4.74 Å². The second-order valence-electron chi connectivity index (χ2n) is 5.50. The molecule has 112 valence electrons. The van der Waals surface area contributed by atoms with Crippen molar-refractivity contribution in [1.82, 2.24) is 15.3 Å². The second-order valence-corrected chi connectivity index (χ2v) is 5.50. The molecule has 2 heterocycles. The van der Waals surface area contributed by atoms with Gasteiger partial charge in [0.25, 0.3) is 0 Å². The Balaban J connectivity index is 1.81. The number of aromatic nitrogens is 2. The SMILES string of the molecule is CCCNCc1cnc(N(C)CC2CCOCC2)nc1. The summed E-state index contributed by atoms with van der Waals surface area (Å²) in [6, 6.07) is 0. The maximum Gasteiger partial charge on any atom is 0.225 e. The van der Waals surface area contributed by atoms with E-state index in [9.17, 15) is 0 Å². The van der Waals surface area contributed by atoms with Crippen LogP contribution in [0.3, 0.4) is 0 Å². The fourth-order valence-corrected chi connectivity index (χ4v) is 2.44. The summed E-state index contributed by atoms with van der Waals surface area (Å²) in [5, 5.41) is 3.36. The van der Waals surface area contributed by atoms with Crippen molar-refractivity contribution in [1.29, 1.82) is 0 Å². The van der Waals surface area contributed by atoms with Crippen molar-refractivity contribution < 1.29 is 4.74 Å². The summed E-state index contributed by atoms with van der Waals surface area (Å²) in [6.45, 7) is 6.83. The summed E-state index contributed by atoms with van der Waals surface area (Å²) in [7, 11) is 2.07. The van der Waals surface area contributed by atoms with Gasteiger partial charge in [0.15, 0.2) is 0 Å². The highest BCUT2D eigenvalue weighted by Gasteiger charge is 2.16. The molecule has 0 aliphatic carbocycles. The van der Waals surface area contributed by atoms with E-state index in [1.807, 2.05) is 12.4 Å². The van der Waals surface area contributed by atoms with Crippen LogP contribution in [0.25, 0.3) is 0 Å². The van der Waals surface area contributed by atoms with Crippen LogP contribution in [0.5, 0.6) is 0 Å². The quantitative estimate of drug-likeness (QED) is 0.771. The molecule has 20 heavy (non-hydrogen) atoms. The summed E-state index contributed by atoms with van der Waals surface area (Å²) in [5.74, 6) is 1.51. The topological polar surface area (TPSA) is 50.3 Å². The van der Waals surface area contributed by atoms with Crippen LogP contribution < -0.4 is 10.2 Å². The fourth-order valence-electron chi connectivity index (χ4n) is 2.44. The van der Waals surface area contributed by atoms with Crippen molar-refractivity contribution in [2.75, 3.05) is 38.3 Å². The molecular formula is C15H26N4O. The highest BCUT2D eigenvalue weighted by molar-refractivity contribution is 5.28. The maximum absolute atomic E-state index is 5.39. The van der Waals surface area contributed by atoms with Crippen molar-refractivity contribution in [3.8, 4) is 0 Å². The van der Waals surface area contributed by atoms with Crippen molar-refractivity contribution in [3.05, 3.63) is 18.0 Å². The summed E-state index contributed by atoms with van der Waals surface area (Å²) in [6.07, 6.45) is 7.27. The molecule has 0 radical (unpaired) electrons. The Bertz CT molecular complexity index is 376. The van der Waals surface area contributed by atoms with E-state index in [0.29, 0.717) is 5.92 Å². The molecule has 0 saturated carbocycles. The van der Waals surface area contributed by atoms with Gasteiger partial charge in [-0.3, -0.25) is 0 Å². The smallest absolute Gasteiger partial charge is 0.225 e. The van der Waals surface area contributed by atoms with E-state index in [1.54, 1.807) is 0 Å². The lowest BCUT2D eigenvalue weighted by Crippen LogP contribution is -2.30. The van der Waals surface area contributed by atoms with E-state index in [0.717, 1.165) is 63.6 Å². The van der Waals surface area contributed by atoms with Gasteiger partial charge in [0.05, 0.1) is 0 Å². The van der Waals surface area contributed by atoms with Gasteiger partial charge in [-0.15, -0.1) is 0 Å². The lowest BCUT2D eigenvalue weighted by molar-refractivity contribution is 0.0684. The minimum Gasteiger partial charge on any atom is -0.381 e. The predicted molar refractivity (Wildman–Crippen MR) is 80.8 cm³/mol. The molecule has 2 rings (SSSR count). The van der Waals surface area contributed by atoms with Crippen molar-refractivity contribution in [3.63, 3.8) is 0 Å². The number of nitrogens with zero attached hydrogens (tertiary/aromatic N) is 3. The van der Waals surface area contributed by atoms with E-state index in [2.05, 4.69) is 34.2 Å². The van der Waals surface area contributed by atoms with Crippen LogP contribution in [0.15, 0.2) is 12.4 Å². The molecule has 0 atom stereocenters. The van der Waals surface area contributed by atoms with Gasteiger partial charge in [0, 0.05) is 51.3 Å². The molecule has 1 aliphatic heterocycles. The van der Waals surface area contributed by atoms with E-state index < -0.39 is 0 Å². The predicted octanol–water partition coefficient (Wildman–Crippen LogP) is 1.84. The van der Waals surface area contributed by atoms with Gasteiger partial charge >= 0.3 is 0 Å². The molecule has 0 amide bonds. The molecule has 1 aromatic heterocycles. The third-order valence-corrected chi connectivity index (χ3v) is 3.66. The third-order valence-electron chi connectivity index (χ3n) is 3.66. The Morgan fingerprint density at radius 1 is 1.30 bits per heavy atom. The zero-order chi connectivity index (χ0) is 14.2. The second kappa shape index (κ2) is 8.17. The lowest BCUT2D eigenvalue weighted by atomic mass is 10.0. The molecule has 1 fully saturated rings. The van der Waals surface area contributed by atoms with Gasteiger partial charge in [0.2, 0.25) is 5.95 Å². The summed E-state index contributed by atoms with van der Waals surface area (Å²) in [5.41, 5.74) is 1.14. The maximum atomic E-state index is 5.39. The molecule has 1 aliphatic rings. The van der Waals surface area contributed by atoms with Crippen molar-refractivity contribution >= 4 is 5.95 Å². The van der Waals surface area contributed by atoms with E-state index in [-0.39, 0.29) is 0 Å². The number of ether oxygens (including phenoxy) is 1. The van der Waals surface area contributed by atoms with Gasteiger partial charge in [0.1, 0.15) is 0 Å². The number of hydrogen-bond acceptors (Lipinski definition) is 5. The van der Waals surface area contributed by atoms with Crippen molar-refractivity contribution in [2.45, 2.75) is 32.7 Å². The minimum atomic E-state index is 0.697. The summed E-state index contributed by atoms with van der Waals surface area (Å²) < 4.78 is 5.39. The molecule has 1 saturated heterocycles. The third kappa shape index (κ3) is 4.72. The van der Waals surface area contributed by atoms with E-state index in [1.165, 1.54) is 0 Å². The molecule has 0 unspecified atom stereocenters. The average molecular weight is 278 g/mol. The molecule has 1 N–H and O–H groups in total. The molecule has 0 bridgehead atoms. The van der Waals surface area contributed by atoms with Crippen LogP contribution in [0.2, 0.25) is 0 Å². The van der Waals surface area contributed by atoms with Crippen molar-refractivity contribution in [2.24, 2.45) is 5.92 Å². The number of rotatable bonds is 7. The zero-order valence-electron chi connectivity index (χ0n) is 12.6. The first kappa shape index (κ1) is 15.2. The Morgan fingerprint density at radius 2 is 2.00 bits per heavy atom. The van der Waals surface area contributed by atoms with Crippen LogP contribution in [0.4, 0.5) is 5.95 Å². The van der Waals surface area contributed by atoms with Gasteiger partial charge in [-0.1, -0.05) is 6.92 Å². The van der Waals surface area contributed by atoms with Crippen LogP contribution in [0.1, 0.15) is 31.7 Å².